The summed E-state index contributed by atoms with van der Waals surface area (Å²) in [5, 5.41) is 0. The van der Waals surface area contributed by atoms with Gasteiger partial charge in [-0.25, -0.2) is 0 Å². The van der Waals surface area contributed by atoms with E-state index in [-0.39, 0.29) is 31.1 Å². The summed E-state index contributed by atoms with van der Waals surface area (Å²) in [6, 6.07) is 0. The van der Waals surface area contributed by atoms with Gasteiger partial charge in [0, 0.05) is 19.3 Å². The second-order valence-electron chi connectivity index (χ2n) is 23.4. The first-order chi connectivity index (χ1) is 40.0. The highest BCUT2D eigenvalue weighted by molar-refractivity contribution is 5.71. The van der Waals surface area contributed by atoms with Crippen molar-refractivity contribution in [2.45, 2.75) is 361 Å². The summed E-state index contributed by atoms with van der Waals surface area (Å²) in [5.41, 5.74) is 0. The van der Waals surface area contributed by atoms with Crippen molar-refractivity contribution in [3.8, 4) is 0 Å². The minimum atomic E-state index is -0.779. The van der Waals surface area contributed by atoms with Gasteiger partial charge in [0.1, 0.15) is 13.2 Å². The van der Waals surface area contributed by atoms with Gasteiger partial charge in [-0.1, -0.05) is 343 Å². The molecule has 0 amide bonds. The first-order valence-electron chi connectivity index (χ1n) is 35.1. The van der Waals surface area contributed by atoms with E-state index in [2.05, 4.69) is 106 Å². The van der Waals surface area contributed by atoms with Gasteiger partial charge in [0.2, 0.25) is 0 Å². The van der Waals surface area contributed by atoms with Crippen LogP contribution in [0.25, 0.3) is 0 Å². The van der Waals surface area contributed by atoms with E-state index in [0.29, 0.717) is 19.3 Å². The first kappa shape index (κ1) is 77.6. The van der Waals surface area contributed by atoms with Crippen LogP contribution in [-0.4, -0.2) is 37.2 Å². The van der Waals surface area contributed by atoms with Crippen LogP contribution in [0.1, 0.15) is 355 Å². The minimum absolute atomic E-state index is 0.0744. The summed E-state index contributed by atoms with van der Waals surface area (Å²) in [6.45, 7) is 6.57. The van der Waals surface area contributed by atoms with Gasteiger partial charge in [-0.3, -0.25) is 14.4 Å². The van der Waals surface area contributed by atoms with Crippen molar-refractivity contribution in [3.05, 3.63) is 85.1 Å². The number of allylic oxidation sites excluding steroid dienone is 14. The van der Waals surface area contributed by atoms with Crippen LogP contribution in [0.15, 0.2) is 85.1 Å². The van der Waals surface area contributed by atoms with Gasteiger partial charge in [-0.05, 0) is 77.0 Å². The molecule has 0 spiro atoms. The normalized spacial score (nSPS) is 12.6. The van der Waals surface area contributed by atoms with Gasteiger partial charge in [0.25, 0.3) is 0 Å². The van der Waals surface area contributed by atoms with E-state index in [9.17, 15) is 14.4 Å². The number of carbonyl (C=O) groups is 3. The third-order valence-electron chi connectivity index (χ3n) is 15.4. The standard InChI is InChI=1S/C75H132O6/c1-4-7-10-13-16-19-22-25-28-30-32-34-35-36-37-38-39-40-41-42-44-45-47-50-53-56-59-62-65-68-74(77)80-71-72(70-79-73(76)67-64-61-58-55-52-49-27-24-21-18-15-12-9-6-3)81-75(78)69-66-63-60-57-54-51-48-46-43-33-31-29-26-23-20-17-14-11-8-5-2/h7,10,16,19,25,28,32,34,36-37,39-40,42,44,72H,4-6,8-9,11-15,17-18,20-24,26-27,29-31,33,35,38,41,43,45-71H2,1-3H3/b10-7-,19-16-,28-25-,34-32-,37-36-,40-39-,44-42-. The van der Waals surface area contributed by atoms with E-state index in [1.807, 2.05) is 0 Å². The average molecular weight is 1130 g/mol. The number of hydrogen-bond acceptors (Lipinski definition) is 6. The zero-order chi connectivity index (χ0) is 58.5. The molecule has 0 heterocycles. The van der Waals surface area contributed by atoms with Crippen molar-refractivity contribution in [1.82, 2.24) is 0 Å². The second-order valence-corrected chi connectivity index (χ2v) is 23.4. The maximum absolute atomic E-state index is 12.9. The quantitative estimate of drug-likeness (QED) is 0.0261. The molecule has 0 aliphatic rings. The summed E-state index contributed by atoms with van der Waals surface area (Å²) < 4.78 is 17.0. The molecule has 1 atom stereocenters. The van der Waals surface area contributed by atoms with E-state index in [1.54, 1.807) is 0 Å². The zero-order valence-electron chi connectivity index (χ0n) is 53.8. The fraction of sp³-hybridized carbons (Fsp3) is 0.773. The molecule has 0 radical (unpaired) electrons. The molecule has 1 unspecified atom stereocenters. The number of ether oxygens (including phenoxy) is 3. The van der Waals surface area contributed by atoms with E-state index in [4.69, 9.17) is 14.2 Å². The van der Waals surface area contributed by atoms with Crippen molar-refractivity contribution < 1.29 is 28.6 Å². The minimum Gasteiger partial charge on any atom is -0.462 e. The molecule has 0 saturated heterocycles. The third kappa shape index (κ3) is 67.3. The van der Waals surface area contributed by atoms with Crippen molar-refractivity contribution in [3.63, 3.8) is 0 Å². The first-order valence-corrected chi connectivity index (χ1v) is 35.1. The number of rotatable bonds is 64. The predicted octanol–water partition coefficient (Wildman–Crippen LogP) is 24.2. The topological polar surface area (TPSA) is 78.9 Å². The molecular weight excluding hydrogens is 997 g/mol. The van der Waals surface area contributed by atoms with Crippen LogP contribution in [0.5, 0.6) is 0 Å². The predicted molar refractivity (Wildman–Crippen MR) is 353 cm³/mol. The van der Waals surface area contributed by atoms with E-state index in [1.165, 1.54) is 205 Å². The molecule has 0 N–H and O–H groups in total. The second kappa shape index (κ2) is 69.1. The van der Waals surface area contributed by atoms with Crippen LogP contribution in [0.2, 0.25) is 0 Å². The SMILES string of the molecule is CC/C=C\C/C=C\C/C=C\C/C=C\C/C=C\C/C=C\C/C=C\CCCCCCCCCC(=O)OCC(COC(=O)CCCCCCCCCCCCCCCC)OC(=O)CCCCCCCCCCCCCCCCCCCCCC. The van der Waals surface area contributed by atoms with Crippen LogP contribution in [0.4, 0.5) is 0 Å². The summed E-state index contributed by atoms with van der Waals surface area (Å²) in [7, 11) is 0. The van der Waals surface area contributed by atoms with Gasteiger partial charge >= 0.3 is 17.9 Å². The largest absolute Gasteiger partial charge is 0.462 e. The Labute approximate surface area is 503 Å². The Morgan fingerprint density at radius 1 is 0.259 bits per heavy atom. The number of hydrogen-bond donors (Lipinski definition) is 0. The third-order valence-corrected chi connectivity index (χ3v) is 15.4. The number of esters is 3. The number of carbonyl (C=O) groups excluding carboxylic acids is 3. The summed E-state index contributed by atoms with van der Waals surface area (Å²) in [6.07, 6.45) is 91.7. The molecule has 0 saturated carbocycles. The van der Waals surface area contributed by atoms with Gasteiger partial charge in [-0.15, -0.1) is 0 Å². The van der Waals surface area contributed by atoms with Crippen molar-refractivity contribution in [2.24, 2.45) is 0 Å². The zero-order valence-corrected chi connectivity index (χ0v) is 53.8. The lowest BCUT2D eigenvalue weighted by Gasteiger charge is -2.18. The van der Waals surface area contributed by atoms with Crippen molar-refractivity contribution in [2.75, 3.05) is 13.2 Å². The molecule has 0 aliphatic carbocycles. The van der Waals surface area contributed by atoms with Crippen LogP contribution in [-0.2, 0) is 28.6 Å². The molecule has 0 aromatic carbocycles. The van der Waals surface area contributed by atoms with Crippen LogP contribution in [0, 0.1) is 0 Å². The van der Waals surface area contributed by atoms with Crippen molar-refractivity contribution >= 4 is 17.9 Å². The van der Waals surface area contributed by atoms with Gasteiger partial charge in [0.05, 0.1) is 0 Å². The molecule has 0 aromatic rings. The molecule has 81 heavy (non-hydrogen) atoms. The van der Waals surface area contributed by atoms with E-state index < -0.39 is 6.10 Å². The Morgan fingerprint density at radius 2 is 0.481 bits per heavy atom. The lowest BCUT2D eigenvalue weighted by Crippen LogP contribution is -2.30. The Bertz CT molecular complexity index is 1530. The maximum Gasteiger partial charge on any atom is 0.306 e. The molecular formula is C75H132O6. The fourth-order valence-electron chi connectivity index (χ4n) is 10.2. The molecule has 0 fully saturated rings. The van der Waals surface area contributed by atoms with E-state index in [0.717, 1.165) is 109 Å². The molecule has 6 heteroatoms. The average Bonchev–Trinajstić information content (AvgIpc) is 3.47. The molecule has 468 valence electrons. The van der Waals surface area contributed by atoms with Crippen LogP contribution in [0.3, 0.4) is 0 Å². The van der Waals surface area contributed by atoms with Gasteiger partial charge < -0.3 is 14.2 Å². The molecule has 0 aliphatic heterocycles. The fourth-order valence-corrected chi connectivity index (χ4v) is 10.2. The summed E-state index contributed by atoms with van der Waals surface area (Å²) in [4.78, 5) is 38.4. The smallest absolute Gasteiger partial charge is 0.306 e. The highest BCUT2D eigenvalue weighted by Crippen LogP contribution is 2.18. The monoisotopic (exact) mass is 1130 g/mol. The highest BCUT2D eigenvalue weighted by Gasteiger charge is 2.19. The van der Waals surface area contributed by atoms with Crippen molar-refractivity contribution in [1.29, 1.82) is 0 Å². The van der Waals surface area contributed by atoms with E-state index >= 15 is 0 Å². The molecule has 0 bridgehead atoms. The highest BCUT2D eigenvalue weighted by atomic mass is 16.6. The Kier molecular flexibility index (Phi) is 66.2. The van der Waals surface area contributed by atoms with Gasteiger partial charge in [-0.2, -0.15) is 0 Å². The van der Waals surface area contributed by atoms with Crippen LogP contribution >= 0.6 is 0 Å². The lowest BCUT2D eigenvalue weighted by molar-refractivity contribution is -0.167. The summed E-state index contributed by atoms with van der Waals surface area (Å²) in [5.74, 6) is -0.864. The number of unbranched alkanes of at least 4 members (excludes halogenated alkanes) is 39. The Hall–Kier alpha value is -3.41. The molecule has 0 aromatic heterocycles. The Balaban J connectivity index is 4.31. The van der Waals surface area contributed by atoms with Crippen LogP contribution < -0.4 is 0 Å². The Morgan fingerprint density at radius 3 is 0.753 bits per heavy atom. The maximum atomic E-state index is 12.9. The summed E-state index contributed by atoms with van der Waals surface area (Å²) >= 11 is 0. The molecule has 0 rings (SSSR count). The van der Waals surface area contributed by atoms with Gasteiger partial charge in [0.15, 0.2) is 6.10 Å². The lowest BCUT2D eigenvalue weighted by atomic mass is 10.0. The molecule has 6 nitrogen and oxygen atoms in total.